The molecule has 5 heteroatoms. The minimum atomic E-state index is -0.774. The van der Waals surface area contributed by atoms with Crippen LogP contribution in [0.5, 0.6) is 0 Å². The highest BCUT2D eigenvalue weighted by Crippen LogP contribution is 2.26. The molecule has 0 aliphatic carbocycles. The van der Waals surface area contributed by atoms with E-state index >= 15 is 0 Å². The maximum absolute atomic E-state index is 10.5. The second kappa shape index (κ2) is 7.86. The third-order valence-corrected chi connectivity index (χ3v) is 3.43. The normalized spacial score (nSPS) is 11.5. The molecule has 2 rings (SSSR count). The van der Waals surface area contributed by atoms with Gasteiger partial charge in [-0.25, -0.2) is 0 Å². The Morgan fingerprint density at radius 2 is 1.73 bits per heavy atom. The molecule has 0 saturated carbocycles. The van der Waals surface area contributed by atoms with Gasteiger partial charge >= 0.3 is 5.97 Å². The van der Waals surface area contributed by atoms with Crippen molar-refractivity contribution in [3.05, 3.63) is 81.7 Å². The van der Waals surface area contributed by atoms with Gasteiger partial charge in [0.1, 0.15) is 0 Å². The molecule has 2 aromatic rings. The highest BCUT2D eigenvalue weighted by Gasteiger charge is 2.11. The third kappa shape index (κ3) is 4.36. The van der Waals surface area contributed by atoms with Gasteiger partial charge in [-0.3, -0.25) is 4.79 Å². The van der Waals surface area contributed by atoms with E-state index < -0.39 is 5.97 Å². The molecule has 2 aromatic carbocycles. The first-order valence-corrected chi connectivity index (χ1v) is 7.10. The highest BCUT2D eigenvalue weighted by atomic mass is 16.4. The van der Waals surface area contributed by atoms with Crippen molar-refractivity contribution < 1.29 is 9.90 Å². The van der Waals surface area contributed by atoms with Crippen molar-refractivity contribution in [2.75, 3.05) is 0 Å². The Kier molecular flexibility index (Phi) is 5.57. The standard InChI is InChI=1S/C17H17N3O2/c18-20-19-17(14-6-2-1-3-7-14)15-11-9-13(10-12-15)5-4-8-16(21)22/h1-3,6-7,9-12,17H,4-5,8H2,(H,21,22)/t17-/m0/s1. The summed E-state index contributed by atoms with van der Waals surface area (Å²) in [5, 5.41) is 12.5. The Balaban J connectivity index is 2.13. The van der Waals surface area contributed by atoms with E-state index in [-0.39, 0.29) is 12.5 Å². The van der Waals surface area contributed by atoms with Crippen LogP contribution in [-0.4, -0.2) is 11.1 Å². The molecule has 1 atom stereocenters. The molecule has 0 bridgehead atoms. The topological polar surface area (TPSA) is 86.1 Å². The molecule has 22 heavy (non-hydrogen) atoms. The molecule has 0 heterocycles. The average molecular weight is 295 g/mol. The van der Waals surface area contributed by atoms with Gasteiger partial charge in [0, 0.05) is 11.3 Å². The summed E-state index contributed by atoms with van der Waals surface area (Å²) in [5.41, 5.74) is 11.7. The molecule has 0 amide bonds. The van der Waals surface area contributed by atoms with Crippen molar-refractivity contribution in [2.24, 2.45) is 5.11 Å². The van der Waals surface area contributed by atoms with Crippen molar-refractivity contribution in [2.45, 2.75) is 25.3 Å². The van der Waals surface area contributed by atoms with Crippen molar-refractivity contribution in [3.8, 4) is 0 Å². The maximum atomic E-state index is 10.5. The van der Waals surface area contributed by atoms with Crippen LogP contribution in [-0.2, 0) is 11.2 Å². The van der Waals surface area contributed by atoms with Gasteiger partial charge in [0.2, 0.25) is 0 Å². The van der Waals surface area contributed by atoms with Crippen LogP contribution in [0.2, 0.25) is 0 Å². The molecule has 0 fully saturated rings. The molecular formula is C17H17N3O2. The first-order valence-electron chi connectivity index (χ1n) is 7.10. The summed E-state index contributed by atoms with van der Waals surface area (Å²) in [6, 6.07) is 17.0. The van der Waals surface area contributed by atoms with Crippen LogP contribution in [0.3, 0.4) is 0 Å². The molecule has 0 radical (unpaired) electrons. The number of nitrogens with zero attached hydrogens (tertiary/aromatic N) is 3. The summed E-state index contributed by atoms with van der Waals surface area (Å²) in [6.07, 6.45) is 1.52. The number of hydrogen-bond acceptors (Lipinski definition) is 2. The zero-order valence-corrected chi connectivity index (χ0v) is 12.1. The Morgan fingerprint density at radius 3 is 2.32 bits per heavy atom. The van der Waals surface area contributed by atoms with Crippen LogP contribution in [0.25, 0.3) is 10.4 Å². The predicted molar refractivity (Wildman–Crippen MR) is 84.4 cm³/mol. The van der Waals surface area contributed by atoms with Crippen molar-refractivity contribution in [1.29, 1.82) is 0 Å². The molecular weight excluding hydrogens is 278 g/mol. The van der Waals surface area contributed by atoms with Gasteiger partial charge in [0.05, 0.1) is 6.04 Å². The Bertz CT molecular complexity index is 662. The fourth-order valence-corrected chi connectivity index (χ4v) is 2.32. The zero-order valence-electron chi connectivity index (χ0n) is 12.1. The van der Waals surface area contributed by atoms with Crippen LogP contribution >= 0.6 is 0 Å². The van der Waals surface area contributed by atoms with Crippen molar-refractivity contribution in [1.82, 2.24) is 0 Å². The van der Waals surface area contributed by atoms with E-state index in [0.717, 1.165) is 23.1 Å². The molecule has 112 valence electrons. The second-order valence-electron chi connectivity index (χ2n) is 5.01. The second-order valence-corrected chi connectivity index (χ2v) is 5.01. The van der Waals surface area contributed by atoms with Crippen LogP contribution in [0, 0.1) is 0 Å². The zero-order chi connectivity index (χ0) is 15.8. The molecule has 0 aromatic heterocycles. The van der Waals surface area contributed by atoms with E-state index in [2.05, 4.69) is 10.0 Å². The number of carboxylic acids is 1. The van der Waals surface area contributed by atoms with Gasteiger partial charge in [-0.1, -0.05) is 59.7 Å². The van der Waals surface area contributed by atoms with Crippen LogP contribution in [0.15, 0.2) is 59.7 Å². The number of rotatable bonds is 7. The highest BCUT2D eigenvalue weighted by molar-refractivity contribution is 5.66. The Labute approximate surface area is 128 Å². The van der Waals surface area contributed by atoms with E-state index in [1.165, 1.54) is 0 Å². The third-order valence-electron chi connectivity index (χ3n) is 3.43. The summed E-state index contributed by atoms with van der Waals surface area (Å²) in [5.74, 6) is -0.774. The van der Waals surface area contributed by atoms with Crippen LogP contribution in [0.4, 0.5) is 0 Å². The van der Waals surface area contributed by atoms with E-state index in [4.69, 9.17) is 10.6 Å². The summed E-state index contributed by atoms with van der Waals surface area (Å²) < 4.78 is 0. The van der Waals surface area contributed by atoms with Gasteiger partial charge in [-0.05, 0) is 35.1 Å². The Hall–Kier alpha value is -2.78. The minimum Gasteiger partial charge on any atom is -0.481 e. The quantitative estimate of drug-likeness (QED) is 0.463. The van der Waals surface area contributed by atoms with Crippen LogP contribution < -0.4 is 0 Å². The van der Waals surface area contributed by atoms with Gasteiger partial charge in [-0.15, -0.1) is 0 Å². The predicted octanol–water partition coefficient (Wildman–Crippen LogP) is 4.49. The van der Waals surface area contributed by atoms with E-state index in [0.29, 0.717) is 6.42 Å². The van der Waals surface area contributed by atoms with Crippen molar-refractivity contribution >= 4 is 5.97 Å². The largest absolute Gasteiger partial charge is 0.481 e. The number of carboxylic acid groups (broad SMARTS) is 1. The number of aliphatic carboxylic acids is 1. The summed E-state index contributed by atoms with van der Waals surface area (Å²) in [6.45, 7) is 0. The fourth-order valence-electron chi connectivity index (χ4n) is 2.32. The van der Waals surface area contributed by atoms with Gasteiger partial charge in [0.25, 0.3) is 0 Å². The maximum Gasteiger partial charge on any atom is 0.303 e. The molecule has 0 spiro atoms. The van der Waals surface area contributed by atoms with E-state index in [1.807, 2.05) is 54.6 Å². The number of aryl methyl sites for hydroxylation is 1. The number of benzene rings is 2. The first kappa shape index (κ1) is 15.6. The minimum absolute atomic E-state index is 0.174. The summed E-state index contributed by atoms with van der Waals surface area (Å²) in [4.78, 5) is 13.5. The molecule has 0 aliphatic rings. The molecule has 1 N–H and O–H groups in total. The lowest BCUT2D eigenvalue weighted by Gasteiger charge is -2.12. The fraction of sp³-hybridized carbons (Fsp3) is 0.235. The van der Waals surface area contributed by atoms with Gasteiger partial charge in [0.15, 0.2) is 0 Å². The first-order chi connectivity index (χ1) is 10.7. The average Bonchev–Trinajstić information content (AvgIpc) is 2.54. The van der Waals surface area contributed by atoms with E-state index in [1.54, 1.807) is 0 Å². The monoisotopic (exact) mass is 295 g/mol. The molecule has 0 saturated heterocycles. The van der Waals surface area contributed by atoms with Crippen molar-refractivity contribution in [3.63, 3.8) is 0 Å². The lowest BCUT2D eigenvalue weighted by atomic mass is 9.97. The number of azide groups is 1. The number of carbonyl (C=O) groups is 1. The summed E-state index contributed by atoms with van der Waals surface area (Å²) >= 11 is 0. The Morgan fingerprint density at radius 1 is 1.09 bits per heavy atom. The lowest BCUT2D eigenvalue weighted by Crippen LogP contribution is -1.98. The molecule has 0 aliphatic heterocycles. The SMILES string of the molecule is [N-]=[N+]=N[C@@H](c1ccccc1)c1ccc(CCCC(=O)O)cc1. The van der Waals surface area contributed by atoms with Gasteiger partial charge < -0.3 is 5.11 Å². The number of hydrogen-bond donors (Lipinski definition) is 1. The lowest BCUT2D eigenvalue weighted by molar-refractivity contribution is -0.137. The smallest absolute Gasteiger partial charge is 0.303 e. The summed E-state index contributed by atoms with van der Waals surface area (Å²) in [7, 11) is 0. The van der Waals surface area contributed by atoms with Gasteiger partial charge in [-0.2, -0.15) is 0 Å². The molecule has 0 unspecified atom stereocenters. The van der Waals surface area contributed by atoms with E-state index in [9.17, 15) is 4.79 Å². The van der Waals surface area contributed by atoms with Crippen LogP contribution in [0.1, 0.15) is 35.6 Å². The molecule has 5 nitrogen and oxygen atoms in total.